The number of piperazine rings is 1. The number of rotatable bonds is 4. The second-order valence-corrected chi connectivity index (χ2v) is 4.08. The molecular formula is C10H19N3O4. The molecule has 0 aromatic heterocycles. The van der Waals surface area contributed by atoms with Crippen molar-refractivity contribution in [2.75, 3.05) is 52.9 Å². The first kappa shape index (κ1) is 13.7. The highest BCUT2D eigenvalue weighted by atomic mass is 16.4. The molecule has 7 nitrogen and oxygen atoms in total. The molecule has 1 heterocycles. The molecule has 0 aliphatic carbocycles. The van der Waals surface area contributed by atoms with E-state index in [2.05, 4.69) is 0 Å². The van der Waals surface area contributed by atoms with Crippen molar-refractivity contribution in [2.24, 2.45) is 0 Å². The molecule has 0 spiro atoms. The minimum absolute atomic E-state index is 0.0223. The van der Waals surface area contributed by atoms with Gasteiger partial charge in [0.2, 0.25) is 0 Å². The third kappa shape index (κ3) is 4.20. The fourth-order valence-corrected chi connectivity index (χ4v) is 1.78. The van der Waals surface area contributed by atoms with Gasteiger partial charge in [0.05, 0.1) is 13.2 Å². The summed E-state index contributed by atoms with van der Waals surface area (Å²) < 4.78 is 0. The smallest absolute Gasteiger partial charge is 0.319 e. The lowest BCUT2D eigenvalue weighted by Gasteiger charge is -2.35. The van der Waals surface area contributed by atoms with Crippen molar-refractivity contribution in [3.63, 3.8) is 0 Å². The predicted octanol–water partition coefficient (Wildman–Crippen LogP) is -1.27. The Morgan fingerprint density at radius 1 is 1.24 bits per heavy atom. The van der Waals surface area contributed by atoms with Crippen LogP contribution in [0.15, 0.2) is 0 Å². The molecule has 1 aliphatic rings. The Balaban J connectivity index is 2.35. The van der Waals surface area contributed by atoms with Gasteiger partial charge >= 0.3 is 12.0 Å². The van der Waals surface area contributed by atoms with Crippen molar-refractivity contribution < 1.29 is 19.8 Å². The van der Waals surface area contributed by atoms with Crippen LogP contribution in [0.1, 0.15) is 0 Å². The van der Waals surface area contributed by atoms with Crippen LogP contribution in [0.5, 0.6) is 0 Å². The first-order valence-corrected chi connectivity index (χ1v) is 5.59. The molecule has 7 heteroatoms. The molecule has 0 atom stereocenters. The van der Waals surface area contributed by atoms with E-state index in [0.717, 1.165) is 0 Å². The molecule has 98 valence electrons. The van der Waals surface area contributed by atoms with E-state index in [1.807, 2.05) is 0 Å². The lowest BCUT2D eigenvalue weighted by Crippen LogP contribution is -2.53. The number of carbonyl (C=O) groups is 2. The van der Waals surface area contributed by atoms with E-state index >= 15 is 0 Å². The minimum atomic E-state index is -0.845. The zero-order valence-electron chi connectivity index (χ0n) is 10.0. The number of carboxylic acids is 1. The van der Waals surface area contributed by atoms with Gasteiger partial charge in [-0.05, 0) is 0 Å². The van der Waals surface area contributed by atoms with Crippen LogP contribution in [0.3, 0.4) is 0 Å². The van der Waals surface area contributed by atoms with Crippen LogP contribution in [0.4, 0.5) is 4.79 Å². The second-order valence-electron chi connectivity index (χ2n) is 4.08. The lowest BCUT2D eigenvalue weighted by molar-refractivity contribution is -0.138. The number of hydrogen-bond acceptors (Lipinski definition) is 4. The molecule has 0 saturated carbocycles. The molecule has 0 bridgehead atoms. The van der Waals surface area contributed by atoms with Crippen LogP contribution < -0.4 is 0 Å². The molecule has 0 unspecified atom stereocenters. The summed E-state index contributed by atoms with van der Waals surface area (Å²) in [5, 5.41) is 17.4. The summed E-state index contributed by atoms with van der Waals surface area (Å²) in [5.74, 6) is -0.845. The van der Waals surface area contributed by atoms with E-state index in [0.29, 0.717) is 32.7 Å². The summed E-state index contributed by atoms with van der Waals surface area (Å²) in [7, 11) is 1.64. The Hall–Kier alpha value is -1.34. The number of likely N-dealkylation sites (N-methyl/N-ethyl adjacent to an activating group) is 1. The van der Waals surface area contributed by atoms with E-state index in [4.69, 9.17) is 10.2 Å². The molecule has 1 aliphatic heterocycles. The van der Waals surface area contributed by atoms with Gasteiger partial charge in [-0.1, -0.05) is 0 Å². The van der Waals surface area contributed by atoms with Crippen LogP contribution in [-0.2, 0) is 4.79 Å². The average molecular weight is 245 g/mol. The highest BCUT2D eigenvalue weighted by Gasteiger charge is 2.23. The summed E-state index contributed by atoms with van der Waals surface area (Å²) in [6, 6.07) is -0.117. The third-order valence-electron chi connectivity index (χ3n) is 2.76. The topological polar surface area (TPSA) is 84.3 Å². The number of carbonyl (C=O) groups excluding carboxylic acids is 1. The predicted molar refractivity (Wildman–Crippen MR) is 60.8 cm³/mol. The standard InChI is InChI=1S/C10H19N3O4/c1-11(6-7-14)10(17)13-4-2-12(3-5-13)8-9(15)16/h14H,2-8H2,1H3,(H,15,16). The van der Waals surface area contributed by atoms with E-state index < -0.39 is 5.97 Å². The molecule has 1 rings (SSSR count). The Kier molecular flexibility index (Phi) is 5.17. The minimum Gasteiger partial charge on any atom is -0.480 e. The van der Waals surface area contributed by atoms with E-state index in [1.165, 1.54) is 4.90 Å². The van der Waals surface area contributed by atoms with Gasteiger partial charge in [-0.15, -0.1) is 0 Å². The number of hydrogen-bond donors (Lipinski definition) is 2. The summed E-state index contributed by atoms with van der Waals surface area (Å²) in [5.41, 5.74) is 0. The zero-order chi connectivity index (χ0) is 12.8. The Morgan fingerprint density at radius 2 is 1.82 bits per heavy atom. The fourth-order valence-electron chi connectivity index (χ4n) is 1.78. The Bertz CT molecular complexity index is 277. The summed E-state index contributed by atoms with van der Waals surface area (Å²) in [6.07, 6.45) is 0. The summed E-state index contributed by atoms with van der Waals surface area (Å²) >= 11 is 0. The van der Waals surface area contributed by atoms with Crippen LogP contribution in [0.25, 0.3) is 0 Å². The van der Waals surface area contributed by atoms with Gasteiger partial charge in [-0.2, -0.15) is 0 Å². The molecule has 1 fully saturated rings. The number of amides is 2. The lowest BCUT2D eigenvalue weighted by atomic mass is 10.3. The van der Waals surface area contributed by atoms with Gasteiger partial charge in [-0.25, -0.2) is 4.79 Å². The number of aliphatic hydroxyl groups is 1. The molecule has 1 saturated heterocycles. The monoisotopic (exact) mass is 245 g/mol. The number of aliphatic carboxylic acids is 1. The van der Waals surface area contributed by atoms with Crippen LogP contribution in [0, 0.1) is 0 Å². The van der Waals surface area contributed by atoms with Gasteiger partial charge in [0.1, 0.15) is 0 Å². The maximum Gasteiger partial charge on any atom is 0.319 e. The molecule has 2 amide bonds. The maximum absolute atomic E-state index is 11.8. The van der Waals surface area contributed by atoms with Crippen molar-refractivity contribution >= 4 is 12.0 Å². The first-order chi connectivity index (χ1) is 8.04. The van der Waals surface area contributed by atoms with Crippen LogP contribution in [-0.4, -0.2) is 89.8 Å². The quantitative estimate of drug-likeness (QED) is 0.645. The molecule has 17 heavy (non-hydrogen) atoms. The molecule has 0 aromatic carbocycles. The SMILES string of the molecule is CN(CCO)C(=O)N1CCN(CC(=O)O)CC1. The average Bonchev–Trinajstić information content (AvgIpc) is 2.28. The van der Waals surface area contributed by atoms with E-state index in [1.54, 1.807) is 16.8 Å². The van der Waals surface area contributed by atoms with Crippen molar-refractivity contribution in [3.05, 3.63) is 0 Å². The summed E-state index contributed by atoms with van der Waals surface area (Å²) in [6.45, 7) is 2.49. The van der Waals surface area contributed by atoms with Gasteiger partial charge in [-0.3, -0.25) is 9.69 Å². The number of aliphatic hydroxyl groups excluding tert-OH is 1. The Labute approximate surface area is 100 Å². The van der Waals surface area contributed by atoms with Gasteiger partial charge in [0, 0.05) is 39.8 Å². The number of urea groups is 1. The largest absolute Gasteiger partial charge is 0.480 e. The zero-order valence-corrected chi connectivity index (χ0v) is 10.0. The normalized spacial score (nSPS) is 16.9. The van der Waals surface area contributed by atoms with Crippen molar-refractivity contribution in [1.29, 1.82) is 0 Å². The van der Waals surface area contributed by atoms with E-state index in [-0.39, 0.29) is 19.2 Å². The number of carboxylic acid groups (broad SMARTS) is 1. The molecule has 0 aromatic rings. The van der Waals surface area contributed by atoms with Gasteiger partial charge < -0.3 is 20.0 Å². The molecule has 0 radical (unpaired) electrons. The Morgan fingerprint density at radius 3 is 2.29 bits per heavy atom. The highest BCUT2D eigenvalue weighted by molar-refractivity contribution is 5.74. The van der Waals surface area contributed by atoms with Crippen LogP contribution >= 0.6 is 0 Å². The van der Waals surface area contributed by atoms with Crippen molar-refractivity contribution in [1.82, 2.24) is 14.7 Å². The molecule has 2 N–H and O–H groups in total. The van der Waals surface area contributed by atoms with Crippen molar-refractivity contribution in [3.8, 4) is 0 Å². The maximum atomic E-state index is 11.8. The van der Waals surface area contributed by atoms with Gasteiger partial charge in [0.15, 0.2) is 0 Å². The van der Waals surface area contributed by atoms with Crippen LogP contribution in [0.2, 0.25) is 0 Å². The van der Waals surface area contributed by atoms with Crippen molar-refractivity contribution in [2.45, 2.75) is 0 Å². The fraction of sp³-hybridized carbons (Fsp3) is 0.800. The second kappa shape index (κ2) is 6.41. The first-order valence-electron chi connectivity index (χ1n) is 5.59. The highest BCUT2D eigenvalue weighted by Crippen LogP contribution is 2.04. The summed E-state index contributed by atoms with van der Waals surface area (Å²) in [4.78, 5) is 27.3. The van der Waals surface area contributed by atoms with Gasteiger partial charge in [0.25, 0.3) is 0 Å². The third-order valence-corrected chi connectivity index (χ3v) is 2.76. The number of nitrogens with zero attached hydrogens (tertiary/aromatic N) is 3. The van der Waals surface area contributed by atoms with E-state index in [9.17, 15) is 9.59 Å². The molecular weight excluding hydrogens is 226 g/mol.